The number of aliphatic imine (C=N–C) groups is 1. The van der Waals surface area contributed by atoms with Crippen molar-refractivity contribution in [2.24, 2.45) is 4.99 Å². The van der Waals surface area contributed by atoms with Crippen molar-refractivity contribution in [2.45, 2.75) is 51.5 Å². The van der Waals surface area contributed by atoms with E-state index in [4.69, 9.17) is 0 Å². The van der Waals surface area contributed by atoms with Crippen LogP contribution in [0.2, 0.25) is 0 Å². The minimum absolute atomic E-state index is 0.246. The first kappa shape index (κ1) is 15.9. The fraction of sp³-hybridized carbons (Fsp3) is 0.750. The monoisotopic (exact) mass is 292 g/mol. The second kappa shape index (κ2) is 8.05. The number of nitrogens with zero attached hydrogens (tertiary/aromatic N) is 2. The summed E-state index contributed by atoms with van der Waals surface area (Å²) in [6, 6.07) is 0.317. The third-order valence-electron chi connectivity index (χ3n) is 4.28. The number of guanidine groups is 1. The van der Waals surface area contributed by atoms with Gasteiger partial charge in [-0.25, -0.2) is 0 Å². The summed E-state index contributed by atoms with van der Waals surface area (Å²) < 4.78 is 0. The van der Waals surface area contributed by atoms with Crippen LogP contribution in [0.25, 0.3) is 0 Å². The average molecular weight is 292 g/mol. The van der Waals surface area contributed by atoms with E-state index in [1.165, 1.54) is 19.3 Å². The molecule has 1 aliphatic heterocycles. The van der Waals surface area contributed by atoms with Crippen molar-refractivity contribution in [2.75, 3.05) is 26.7 Å². The van der Waals surface area contributed by atoms with E-state index in [9.17, 15) is 4.79 Å². The van der Waals surface area contributed by atoms with Crippen molar-refractivity contribution < 1.29 is 4.79 Å². The molecule has 0 aromatic carbocycles. The van der Waals surface area contributed by atoms with E-state index in [1.807, 2.05) is 11.8 Å². The molecule has 1 fully saturated rings. The molecule has 2 aliphatic rings. The number of carbonyl (C=O) groups excluding carboxylic acids is 1. The first-order chi connectivity index (χ1) is 10.2. The number of rotatable bonds is 5. The molecule has 5 nitrogen and oxygen atoms in total. The first-order valence-corrected chi connectivity index (χ1v) is 8.15. The van der Waals surface area contributed by atoms with Gasteiger partial charge >= 0.3 is 0 Å². The van der Waals surface area contributed by atoms with Gasteiger partial charge in [-0.15, -0.1) is 0 Å². The highest BCUT2D eigenvalue weighted by molar-refractivity contribution is 5.80. The first-order valence-electron chi connectivity index (χ1n) is 8.15. The Balaban J connectivity index is 1.69. The fourth-order valence-corrected chi connectivity index (χ4v) is 3.02. The lowest BCUT2D eigenvalue weighted by molar-refractivity contribution is -0.129. The van der Waals surface area contributed by atoms with Crippen LogP contribution >= 0.6 is 0 Å². The molecule has 118 valence electrons. The number of likely N-dealkylation sites (tertiary alicyclic amines) is 1. The van der Waals surface area contributed by atoms with Gasteiger partial charge in [0.05, 0.1) is 0 Å². The molecule has 0 aromatic rings. The zero-order chi connectivity index (χ0) is 15.1. The third kappa shape index (κ3) is 4.76. The Bertz CT molecular complexity index is 417. The van der Waals surface area contributed by atoms with Crippen molar-refractivity contribution in [1.29, 1.82) is 0 Å². The number of hydrogen-bond acceptors (Lipinski definition) is 2. The van der Waals surface area contributed by atoms with Crippen molar-refractivity contribution in [3.8, 4) is 0 Å². The number of hydrogen-bond donors (Lipinski definition) is 2. The van der Waals surface area contributed by atoms with E-state index >= 15 is 0 Å². The van der Waals surface area contributed by atoms with Crippen molar-refractivity contribution in [3.63, 3.8) is 0 Å². The van der Waals surface area contributed by atoms with Crippen LogP contribution in [0.15, 0.2) is 16.6 Å². The minimum Gasteiger partial charge on any atom is -0.356 e. The third-order valence-corrected chi connectivity index (χ3v) is 4.28. The summed E-state index contributed by atoms with van der Waals surface area (Å²) in [6.07, 6.45) is 8.86. The van der Waals surface area contributed by atoms with Gasteiger partial charge in [0.15, 0.2) is 5.96 Å². The maximum Gasteiger partial charge on any atom is 0.222 e. The number of nitrogens with one attached hydrogen (secondary N) is 2. The van der Waals surface area contributed by atoms with E-state index in [-0.39, 0.29) is 5.91 Å². The molecule has 1 aliphatic carbocycles. The summed E-state index contributed by atoms with van der Waals surface area (Å²) in [4.78, 5) is 17.9. The van der Waals surface area contributed by atoms with Crippen LogP contribution in [0.3, 0.4) is 0 Å². The predicted molar refractivity (Wildman–Crippen MR) is 86.3 cm³/mol. The lowest BCUT2D eigenvalue weighted by atomic mass is 10.2. The summed E-state index contributed by atoms with van der Waals surface area (Å²) in [5, 5.41) is 6.80. The molecule has 0 saturated carbocycles. The van der Waals surface area contributed by atoms with Crippen LogP contribution in [0.5, 0.6) is 0 Å². The SMILES string of the molecule is CCC(=O)N1CCC(NC(=NC)NCCC2=CCCC2)C1. The van der Waals surface area contributed by atoms with Crippen molar-refractivity contribution >= 4 is 11.9 Å². The maximum atomic E-state index is 11.7. The van der Waals surface area contributed by atoms with Crippen LogP contribution in [0.4, 0.5) is 0 Å². The lowest BCUT2D eigenvalue weighted by Crippen LogP contribution is -2.45. The summed E-state index contributed by atoms with van der Waals surface area (Å²) in [5.74, 6) is 1.10. The van der Waals surface area contributed by atoms with Gasteiger partial charge in [-0.1, -0.05) is 18.6 Å². The van der Waals surface area contributed by atoms with Crippen LogP contribution in [-0.2, 0) is 4.79 Å². The smallest absolute Gasteiger partial charge is 0.222 e. The van der Waals surface area contributed by atoms with Gasteiger partial charge in [0.25, 0.3) is 0 Å². The van der Waals surface area contributed by atoms with Gasteiger partial charge < -0.3 is 15.5 Å². The lowest BCUT2D eigenvalue weighted by Gasteiger charge is -2.18. The van der Waals surface area contributed by atoms with Crippen molar-refractivity contribution in [3.05, 3.63) is 11.6 Å². The largest absolute Gasteiger partial charge is 0.356 e. The zero-order valence-corrected chi connectivity index (χ0v) is 13.3. The summed E-state index contributed by atoms with van der Waals surface area (Å²) >= 11 is 0. The molecular formula is C16H28N4O. The Labute approximate surface area is 127 Å². The molecule has 5 heteroatoms. The normalized spacial score (nSPS) is 22.4. The molecule has 1 heterocycles. The fourth-order valence-electron chi connectivity index (χ4n) is 3.02. The van der Waals surface area contributed by atoms with E-state index in [2.05, 4.69) is 21.7 Å². The number of allylic oxidation sites excluding steroid dienone is 1. The van der Waals surface area contributed by atoms with E-state index in [0.29, 0.717) is 12.5 Å². The second-order valence-electron chi connectivity index (χ2n) is 5.83. The highest BCUT2D eigenvalue weighted by Gasteiger charge is 2.25. The Hall–Kier alpha value is -1.52. The van der Waals surface area contributed by atoms with Gasteiger partial charge in [-0.05, 0) is 32.1 Å². The molecule has 0 aromatic heterocycles. The highest BCUT2D eigenvalue weighted by atomic mass is 16.2. The van der Waals surface area contributed by atoms with Gasteiger partial charge in [-0.3, -0.25) is 9.79 Å². The summed E-state index contributed by atoms with van der Waals surface area (Å²) in [5.41, 5.74) is 1.57. The molecule has 21 heavy (non-hydrogen) atoms. The molecule has 2 N–H and O–H groups in total. The van der Waals surface area contributed by atoms with Crippen LogP contribution in [-0.4, -0.2) is 49.5 Å². The standard InChI is InChI=1S/C16H28N4O/c1-3-15(21)20-11-9-14(12-20)19-16(17-2)18-10-8-13-6-4-5-7-13/h6,14H,3-5,7-12H2,1-2H3,(H2,17,18,19). The molecule has 1 saturated heterocycles. The Morgan fingerprint density at radius 3 is 3.05 bits per heavy atom. The topological polar surface area (TPSA) is 56.7 Å². The molecular weight excluding hydrogens is 264 g/mol. The Morgan fingerprint density at radius 2 is 2.38 bits per heavy atom. The molecule has 0 bridgehead atoms. The summed E-state index contributed by atoms with van der Waals surface area (Å²) in [6.45, 7) is 4.49. The molecule has 1 unspecified atom stereocenters. The predicted octanol–water partition coefficient (Wildman–Crippen LogP) is 1.66. The van der Waals surface area contributed by atoms with Crippen LogP contribution < -0.4 is 10.6 Å². The summed E-state index contributed by atoms with van der Waals surface area (Å²) in [7, 11) is 1.80. The second-order valence-corrected chi connectivity index (χ2v) is 5.83. The average Bonchev–Trinajstić information content (AvgIpc) is 3.16. The van der Waals surface area contributed by atoms with E-state index in [1.54, 1.807) is 12.6 Å². The van der Waals surface area contributed by atoms with Crippen LogP contribution in [0, 0.1) is 0 Å². The molecule has 1 amide bonds. The van der Waals surface area contributed by atoms with Crippen LogP contribution in [0.1, 0.15) is 45.4 Å². The zero-order valence-electron chi connectivity index (χ0n) is 13.3. The maximum absolute atomic E-state index is 11.7. The van der Waals surface area contributed by atoms with E-state index in [0.717, 1.165) is 38.4 Å². The quantitative estimate of drug-likeness (QED) is 0.460. The van der Waals surface area contributed by atoms with E-state index < -0.39 is 0 Å². The molecule has 1 atom stereocenters. The molecule has 0 spiro atoms. The molecule has 2 rings (SSSR count). The van der Waals surface area contributed by atoms with Gasteiger partial charge in [-0.2, -0.15) is 0 Å². The van der Waals surface area contributed by atoms with Gasteiger partial charge in [0.1, 0.15) is 0 Å². The number of amides is 1. The highest BCUT2D eigenvalue weighted by Crippen LogP contribution is 2.19. The van der Waals surface area contributed by atoms with Gasteiger partial charge in [0.2, 0.25) is 5.91 Å². The number of carbonyl (C=O) groups is 1. The minimum atomic E-state index is 0.246. The Morgan fingerprint density at radius 1 is 1.52 bits per heavy atom. The van der Waals surface area contributed by atoms with Gasteiger partial charge in [0, 0.05) is 39.1 Å². The molecule has 0 radical (unpaired) electrons. The van der Waals surface area contributed by atoms with Crippen molar-refractivity contribution in [1.82, 2.24) is 15.5 Å². The Kier molecular flexibility index (Phi) is 6.08.